The Morgan fingerprint density at radius 1 is 0.960 bits per heavy atom. The number of piperazine rings is 1. The van der Waals surface area contributed by atoms with Gasteiger partial charge in [0.15, 0.2) is 11.5 Å². The van der Waals surface area contributed by atoms with Crippen molar-refractivity contribution in [2.75, 3.05) is 60.5 Å². The van der Waals surface area contributed by atoms with Crippen LogP contribution in [0.3, 0.4) is 0 Å². The summed E-state index contributed by atoms with van der Waals surface area (Å²) in [6.45, 7) is 7.13. The van der Waals surface area contributed by atoms with Crippen LogP contribution in [0.5, 0.6) is 11.5 Å². The first-order valence-corrected chi connectivity index (χ1v) is 9.16. The van der Waals surface area contributed by atoms with Crippen molar-refractivity contribution in [2.45, 2.75) is 25.4 Å². The minimum atomic E-state index is -0.226. The maximum atomic E-state index is 14.3. The van der Waals surface area contributed by atoms with Gasteiger partial charge in [0.05, 0.1) is 14.2 Å². The van der Waals surface area contributed by atoms with E-state index in [1.165, 1.54) is 39.1 Å². The lowest BCUT2D eigenvalue weighted by molar-refractivity contribution is 0.0614. The van der Waals surface area contributed by atoms with Crippen molar-refractivity contribution in [3.8, 4) is 11.5 Å². The van der Waals surface area contributed by atoms with Gasteiger partial charge >= 0.3 is 0 Å². The molecule has 0 N–H and O–H groups in total. The lowest BCUT2D eigenvalue weighted by Gasteiger charge is -2.42. The van der Waals surface area contributed by atoms with Crippen LogP contribution in [0.1, 0.15) is 18.4 Å². The molecule has 0 unspecified atom stereocenters. The molecule has 0 amide bonds. The van der Waals surface area contributed by atoms with Crippen LogP contribution in [0.15, 0.2) is 12.1 Å². The summed E-state index contributed by atoms with van der Waals surface area (Å²) in [4.78, 5) is 7.36. The Balaban J connectivity index is 1.55. The standard InChI is InChI=1S/C19H30FN3O2/c1-21-6-4-16(5-7-21)23-10-8-22(9-11-23)14-15-12-18(24-2)19(25-3)13-17(15)20/h12-13,16H,4-11,14H2,1-3H3. The monoisotopic (exact) mass is 351 g/mol. The van der Waals surface area contributed by atoms with Crippen LogP contribution >= 0.6 is 0 Å². The van der Waals surface area contributed by atoms with Gasteiger partial charge in [-0.2, -0.15) is 0 Å². The number of hydrogen-bond acceptors (Lipinski definition) is 5. The summed E-state index contributed by atoms with van der Waals surface area (Å²) in [6, 6.07) is 3.90. The number of piperidine rings is 1. The van der Waals surface area contributed by atoms with Gasteiger partial charge in [0, 0.05) is 50.4 Å². The number of nitrogens with zero attached hydrogens (tertiary/aromatic N) is 3. The molecule has 0 aromatic heterocycles. The van der Waals surface area contributed by atoms with Crippen molar-refractivity contribution in [1.29, 1.82) is 0 Å². The van der Waals surface area contributed by atoms with Gasteiger partial charge in [-0.3, -0.25) is 9.80 Å². The second-order valence-corrected chi connectivity index (χ2v) is 7.15. The zero-order valence-corrected chi connectivity index (χ0v) is 15.6. The van der Waals surface area contributed by atoms with E-state index in [9.17, 15) is 4.39 Å². The molecule has 5 nitrogen and oxygen atoms in total. The average Bonchev–Trinajstić information content (AvgIpc) is 2.64. The fraction of sp³-hybridized carbons (Fsp3) is 0.684. The van der Waals surface area contributed by atoms with E-state index in [0.717, 1.165) is 32.2 Å². The van der Waals surface area contributed by atoms with Gasteiger partial charge in [0.2, 0.25) is 0 Å². The summed E-state index contributed by atoms with van der Waals surface area (Å²) in [7, 11) is 5.31. The molecule has 1 aromatic carbocycles. The zero-order chi connectivity index (χ0) is 17.8. The second-order valence-electron chi connectivity index (χ2n) is 7.15. The first kappa shape index (κ1) is 18.4. The molecular weight excluding hydrogens is 321 g/mol. The number of ether oxygens (including phenoxy) is 2. The fourth-order valence-corrected chi connectivity index (χ4v) is 3.91. The highest BCUT2D eigenvalue weighted by atomic mass is 19.1. The molecule has 2 fully saturated rings. The van der Waals surface area contributed by atoms with Gasteiger partial charge in [-0.1, -0.05) is 0 Å². The van der Waals surface area contributed by atoms with E-state index in [2.05, 4.69) is 21.7 Å². The van der Waals surface area contributed by atoms with Crippen molar-refractivity contribution in [3.05, 3.63) is 23.5 Å². The largest absolute Gasteiger partial charge is 0.493 e. The van der Waals surface area contributed by atoms with Crippen LogP contribution in [0.4, 0.5) is 4.39 Å². The minimum absolute atomic E-state index is 0.226. The van der Waals surface area contributed by atoms with E-state index in [0.29, 0.717) is 23.6 Å². The van der Waals surface area contributed by atoms with Gasteiger partial charge in [0.25, 0.3) is 0 Å². The van der Waals surface area contributed by atoms with Crippen LogP contribution in [-0.4, -0.2) is 81.3 Å². The van der Waals surface area contributed by atoms with Gasteiger partial charge in [0.1, 0.15) is 5.82 Å². The lowest BCUT2D eigenvalue weighted by atomic mass is 10.0. The summed E-state index contributed by atoms with van der Waals surface area (Å²) in [5.41, 5.74) is 0.672. The topological polar surface area (TPSA) is 28.2 Å². The summed E-state index contributed by atoms with van der Waals surface area (Å²) in [6.07, 6.45) is 2.53. The lowest BCUT2D eigenvalue weighted by Crippen LogP contribution is -2.52. The summed E-state index contributed by atoms with van der Waals surface area (Å²) in [5.74, 6) is 0.801. The Kier molecular flexibility index (Phi) is 6.15. The van der Waals surface area contributed by atoms with Crippen LogP contribution < -0.4 is 9.47 Å². The van der Waals surface area contributed by atoms with Crippen LogP contribution in [0, 0.1) is 5.82 Å². The van der Waals surface area contributed by atoms with E-state index in [4.69, 9.17) is 9.47 Å². The van der Waals surface area contributed by atoms with E-state index in [1.54, 1.807) is 13.2 Å². The Bertz CT molecular complexity index is 568. The quantitative estimate of drug-likeness (QED) is 0.810. The molecule has 0 bridgehead atoms. The molecule has 2 aliphatic heterocycles. The summed E-state index contributed by atoms with van der Waals surface area (Å²) < 4.78 is 24.8. The van der Waals surface area contributed by atoms with Crippen LogP contribution in [0.2, 0.25) is 0 Å². The number of benzene rings is 1. The summed E-state index contributed by atoms with van der Waals surface area (Å²) in [5, 5.41) is 0. The van der Waals surface area contributed by atoms with Gasteiger partial charge in [-0.15, -0.1) is 0 Å². The third-order valence-corrected chi connectivity index (χ3v) is 5.56. The molecule has 0 saturated carbocycles. The second kappa shape index (κ2) is 8.34. The van der Waals surface area contributed by atoms with Crippen molar-refractivity contribution in [1.82, 2.24) is 14.7 Å². The summed E-state index contributed by atoms with van der Waals surface area (Å²) >= 11 is 0. The molecule has 2 heterocycles. The Labute approximate surface area is 150 Å². The number of rotatable bonds is 5. The highest BCUT2D eigenvalue weighted by molar-refractivity contribution is 5.43. The number of hydrogen-bond donors (Lipinski definition) is 0. The molecule has 140 valence electrons. The highest BCUT2D eigenvalue weighted by Gasteiger charge is 2.26. The SMILES string of the molecule is COc1cc(F)c(CN2CCN(C3CCN(C)CC3)CC2)cc1OC. The molecule has 1 aromatic rings. The first-order valence-electron chi connectivity index (χ1n) is 9.16. The molecule has 25 heavy (non-hydrogen) atoms. The average molecular weight is 351 g/mol. The number of halogens is 1. The molecule has 0 atom stereocenters. The van der Waals surface area contributed by atoms with Gasteiger partial charge < -0.3 is 14.4 Å². The van der Waals surface area contributed by atoms with E-state index >= 15 is 0 Å². The number of likely N-dealkylation sites (tertiary alicyclic amines) is 1. The molecule has 0 spiro atoms. The predicted molar refractivity (Wildman–Crippen MR) is 96.9 cm³/mol. The first-order chi connectivity index (χ1) is 12.1. The third-order valence-electron chi connectivity index (χ3n) is 5.56. The van der Waals surface area contributed by atoms with E-state index in [1.807, 2.05) is 0 Å². The highest BCUT2D eigenvalue weighted by Crippen LogP contribution is 2.30. The molecule has 0 aliphatic carbocycles. The predicted octanol–water partition coefficient (Wildman–Crippen LogP) is 2.05. The van der Waals surface area contributed by atoms with Crippen molar-refractivity contribution in [3.63, 3.8) is 0 Å². The molecule has 0 radical (unpaired) electrons. The number of methoxy groups -OCH3 is 2. The maximum Gasteiger partial charge on any atom is 0.163 e. The normalized spacial score (nSPS) is 21.4. The van der Waals surface area contributed by atoms with Gasteiger partial charge in [-0.25, -0.2) is 4.39 Å². The Hall–Kier alpha value is -1.37. The van der Waals surface area contributed by atoms with Crippen molar-refractivity contribution >= 4 is 0 Å². The van der Waals surface area contributed by atoms with Crippen LogP contribution in [-0.2, 0) is 6.54 Å². The van der Waals surface area contributed by atoms with Crippen LogP contribution in [0.25, 0.3) is 0 Å². The fourth-order valence-electron chi connectivity index (χ4n) is 3.91. The smallest absolute Gasteiger partial charge is 0.163 e. The maximum absolute atomic E-state index is 14.3. The zero-order valence-electron chi connectivity index (χ0n) is 15.6. The molecular formula is C19H30FN3O2. The molecule has 2 saturated heterocycles. The van der Waals surface area contributed by atoms with Crippen molar-refractivity contribution in [2.24, 2.45) is 0 Å². The van der Waals surface area contributed by atoms with Crippen molar-refractivity contribution < 1.29 is 13.9 Å². The molecule has 6 heteroatoms. The molecule has 2 aliphatic rings. The molecule has 3 rings (SSSR count). The van der Waals surface area contributed by atoms with Gasteiger partial charge in [-0.05, 0) is 39.0 Å². The van der Waals surface area contributed by atoms with E-state index in [-0.39, 0.29) is 5.82 Å². The minimum Gasteiger partial charge on any atom is -0.493 e. The van der Waals surface area contributed by atoms with E-state index < -0.39 is 0 Å². The Morgan fingerprint density at radius 2 is 1.56 bits per heavy atom. The Morgan fingerprint density at radius 3 is 2.16 bits per heavy atom. The third kappa shape index (κ3) is 4.43.